The lowest BCUT2D eigenvalue weighted by molar-refractivity contribution is -0.0215. The highest BCUT2D eigenvalue weighted by Gasteiger charge is 2.39. The Kier molecular flexibility index (Phi) is 3.15. The van der Waals surface area contributed by atoms with Gasteiger partial charge in [-0.15, -0.1) is 5.10 Å². The van der Waals surface area contributed by atoms with Crippen molar-refractivity contribution >= 4 is 5.91 Å². The molecule has 1 amide bonds. The monoisotopic (exact) mass is 238 g/mol. The summed E-state index contributed by atoms with van der Waals surface area (Å²) in [6.45, 7) is 6.40. The van der Waals surface area contributed by atoms with E-state index < -0.39 is 5.91 Å². The molecule has 6 nitrogen and oxygen atoms in total. The van der Waals surface area contributed by atoms with Crippen molar-refractivity contribution in [1.29, 1.82) is 0 Å². The van der Waals surface area contributed by atoms with Crippen molar-refractivity contribution in [3.05, 3.63) is 12.2 Å². The number of nitrogens with zero attached hydrogens (tertiary/aromatic N) is 3. The van der Waals surface area contributed by atoms with Crippen LogP contribution >= 0.6 is 0 Å². The Balaban J connectivity index is 2.19. The molecule has 2 N–H and O–H groups in total. The maximum Gasteiger partial charge on any atom is 0.288 e. The number of ether oxygens (including phenoxy) is 1. The molecule has 1 fully saturated rings. The molecule has 0 spiro atoms. The van der Waals surface area contributed by atoms with Crippen molar-refractivity contribution in [2.75, 3.05) is 0 Å². The summed E-state index contributed by atoms with van der Waals surface area (Å²) in [5.41, 5.74) is 5.12. The minimum absolute atomic E-state index is 0.0356. The summed E-state index contributed by atoms with van der Waals surface area (Å²) < 4.78 is 7.52. The van der Waals surface area contributed by atoms with Crippen molar-refractivity contribution in [1.82, 2.24) is 14.8 Å². The van der Waals surface area contributed by atoms with Gasteiger partial charge in [0, 0.05) is 5.92 Å². The van der Waals surface area contributed by atoms with Gasteiger partial charge in [0.15, 0.2) is 6.23 Å². The molecular formula is C11H18N4O2. The third-order valence-electron chi connectivity index (χ3n) is 3.57. The van der Waals surface area contributed by atoms with Crippen LogP contribution in [0.3, 0.4) is 0 Å². The van der Waals surface area contributed by atoms with Crippen molar-refractivity contribution < 1.29 is 9.53 Å². The van der Waals surface area contributed by atoms with E-state index >= 15 is 0 Å². The molecule has 1 aromatic rings. The van der Waals surface area contributed by atoms with Gasteiger partial charge in [0.2, 0.25) is 5.82 Å². The highest BCUT2D eigenvalue weighted by molar-refractivity contribution is 5.88. The van der Waals surface area contributed by atoms with E-state index in [1.165, 1.54) is 6.33 Å². The van der Waals surface area contributed by atoms with Crippen LogP contribution < -0.4 is 5.73 Å². The molecule has 17 heavy (non-hydrogen) atoms. The van der Waals surface area contributed by atoms with Crippen molar-refractivity contribution in [3.63, 3.8) is 0 Å². The number of rotatable bonds is 3. The van der Waals surface area contributed by atoms with Crippen LogP contribution in [-0.4, -0.2) is 26.8 Å². The lowest BCUT2D eigenvalue weighted by Crippen LogP contribution is -2.18. The largest absolute Gasteiger partial charge is 0.363 e. The zero-order valence-electron chi connectivity index (χ0n) is 10.3. The van der Waals surface area contributed by atoms with E-state index in [0.29, 0.717) is 11.8 Å². The molecule has 1 aliphatic rings. The first-order valence-electron chi connectivity index (χ1n) is 5.91. The fourth-order valence-corrected chi connectivity index (χ4v) is 2.31. The average Bonchev–Trinajstić information content (AvgIpc) is 2.87. The predicted molar refractivity (Wildman–Crippen MR) is 61.1 cm³/mol. The number of primary amides is 1. The number of hydrogen-bond acceptors (Lipinski definition) is 4. The number of carbonyl (C=O) groups excluding carboxylic acids is 1. The Morgan fingerprint density at radius 2 is 2.24 bits per heavy atom. The molecule has 2 rings (SSSR count). The molecule has 1 aliphatic heterocycles. The Labute approximate surface area is 100 Å². The van der Waals surface area contributed by atoms with Crippen LogP contribution in [-0.2, 0) is 4.74 Å². The molecular weight excluding hydrogens is 220 g/mol. The number of hydrogen-bond donors (Lipinski definition) is 1. The summed E-state index contributed by atoms with van der Waals surface area (Å²) in [5, 5.41) is 4.05. The van der Waals surface area contributed by atoms with Gasteiger partial charge in [0.05, 0.1) is 6.10 Å². The number of amides is 1. The maximum absolute atomic E-state index is 10.9. The van der Waals surface area contributed by atoms with E-state index in [1.54, 1.807) is 4.68 Å². The topological polar surface area (TPSA) is 83.0 Å². The smallest absolute Gasteiger partial charge is 0.288 e. The van der Waals surface area contributed by atoms with Crippen LogP contribution in [0.4, 0.5) is 0 Å². The number of carbonyl (C=O) groups is 1. The predicted octanol–water partition coefficient (Wildman–Crippen LogP) is 0.957. The summed E-state index contributed by atoms with van der Waals surface area (Å²) in [4.78, 5) is 14.8. The SMILES string of the molecule is CC[C@H]1O[C@@H](n2cnc(C(N)=O)n2)[C@H](C)[C@@H]1C. The van der Waals surface area contributed by atoms with Crippen molar-refractivity contribution in [3.8, 4) is 0 Å². The van der Waals surface area contributed by atoms with E-state index in [-0.39, 0.29) is 18.2 Å². The second-order valence-electron chi connectivity index (χ2n) is 4.60. The third kappa shape index (κ3) is 2.04. The van der Waals surface area contributed by atoms with E-state index in [0.717, 1.165) is 6.42 Å². The fraction of sp³-hybridized carbons (Fsp3) is 0.727. The van der Waals surface area contributed by atoms with Crippen LogP contribution in [0.1, 0.15) is 44.0 Å². The second kappa shape index (κ2) is 4.44. The van der Waals surface area contributed by atoms with Gasteiger partial charge in [-0.3, -0.25) is 4.79 Å². The molecule has 0 aliphatic carbocycles. The summed E-state index contributed by atoms with van der Waals surface area (Å²) >= 11 is 0. The molecule has 0 radical (unpaired) electrons. The molecule has 0 aromatic carbocycles. The number of aromatic nitrogens is 3. The Morgan fingerprint density at radius 1 is 1.53 bits per heavy atom. The molecule has 2 heterocycles. The van der Waals surface area contributed by atoms with E-state index in [1.807, 2.05) is 0 Å². The van der Waals surface area contributed by atoms with E-state index in [9.17, 15) is 4.79 Å². The van der Waals surface area contributed by atoms with Crippen molar-refractivity contribution in [2.45, 2.75) is 39.5 Å². The van der Waals surface area contributed by atoms with E-state index in [4.69, 9.17) is 10.5 Å². The van der Waals surface area contributed by atoms with Crippen LogP contribution in [0.15, 0.2) is 6.33 Å². The molecule has 6 heteroatoms. The van der Waals surface area contributed by atoms with Crippen molar-refractivity contribution in [2.24, 2.45) is 17.6 Å². The van der Waals surface area contributed by atoms with Crippen LogP contribution in [0.2, 0.25) is 0 Å². The van der Waals surface area contributed by atoms with Gasteiger partial charge in [0.1, 0.15) is 6.33 Å². The Bertz CT molecular complexity index is 417. The standard InChI is InChI=1S/C11H18N4O2/c1-4-8-6(2)7(3)11(17-8)15-5-13-10(14-15)9(12)16/h5-8,11H,4H2,1-3H3,(H2,12,16)/t6-,7+,8+,11+/m0/s1. The number of nitrogens with two attached hydrogens (primary N) is 1. The lowest BCUT2D eigenvalue weighted by Gasteiger charge is -2.15. The van der Waals surface area contributed by atoms with Gasteiger partial charge in [0.25, 0.3) is 5.91 Å². The first-order chi connectivity index (χ1) is 8.04. The molecule has 0 unspecified atom stereocenters. The van der Waals surface area contributed by atoms with Crippen LogP contribution in [0, 0.1) is 11.8 Å². The van der Waals surface area contributed by atoms with Gasteiger partial charge in [-0.2, -0.15) is 0 Å². The summed E-state index contributed by atoms with van der Waals surface area (Å²) in [6.07, 6.45) is 2.55. The lowest BCUT2D eigenvalue weighted by atomic mass is 9.92. The Morgan fingerprint density at radius 3 is 2.71 bits per heavy atom. The normalized spacial score (nSPS) is 32.9. The first kappa shape index (κ1) is 12.0. The fourth-order valence-electron chi connectivity index (χ4n) is 2.31. The molecule has 0 saturated carbocycles. The van der Waals surface area contributed by atoms with Crippen LogP contribution in [0.5, 0.6) is 0 Å². The quantitative estimate of drug-likeness (QED) is 0.850. The summed E-state index contributed by atoms with van der Waals surface area (Å²) in [7, 11) is 0. The van der Waals surface area contributed by atoms with Crippen LogP contribution in [0.25, 0.3) is 0 Å². The maximum atomic E-state index is 10.9. The highest BCUT2D eigenvalue weighted by Crippen LogP contribution is 2.39. The molecule has 4 atom stereocenters. The van der Waals surface area contributed by atoms with Gasteiger partial charge in [-0.05, 0) is 12.3 Å². The molecule has 0 bridgehead atoms. The van der Waals surface area contributed by atoms with E-state index in [2.05, 4.69) is 30.9 Å². The molecule has 1 saturated heterocycles. The molecule has 1 aromatic heterocycles. The van der Waals surface area contributed by atoms with Gasteiger partial charge >= 0.3 is 0 Å². The minimum atomic E-state index is -0.616. The molecule has 94 valence electrons. The van der Waals surface area contributed by atoms with Gasteiger partial charge < -0.3 is 10.5 Å². The second-order valence-corrected chi connectivity index (χ2v) is 4.60. The van der Waals surface area contributed by atoms with Gasteiger partial charge in [-0.1, -0.05) is 20.8 Å². The zero-order chi connectivity index (χ0) is 12.6. The minimum Gasteiger partial charge on any atom is -0.363 e. The summed E-state index contributed by atoms with van der Waals surface area (Å²) in [6, 6.07) is 0. The third-order valence-corrected chi connectivity index (χ3v) is 3.57. The Hall–Kier alpha value is -1.43. The summed E-state index contributed by atoms with van der Waals surface area (Å²) in [5.74, 6) is 0.219. The zero-order valence-corrected chi connectivity index (χ0v) is 10.3. The highest BCUT2D eigenvalue weighted by atomic mass is 16.5. The average molecular weight is 238 g/mol. The first-order valence-corrected chi connectivity index (χ1v) is 5.91. The van der Waals surface area contributed by atoms with Gasteiger partial charge in [-0.25, -0.2) is 9.67 Å².